The van der Waals surface area contributed by atoms with Crippen LogP contribution in [-0.2, 0) is 0 Å². The lowest BCUT2D eigenvalue weighted by molar-refractivity contribution is 0.0784. The lowest BCUT2D eigenvalue weighted by Crippen LogP contribution is -2.34. The van der Waals surface area contributed by atoms with Gasteiger partial charge in [0.1, 0.15) is 5.56 Å². The van der Waals surface area contributed by atoms with Crippen molar-refractivity contribution in [3.8, 4) is 0 Å². The van der Waals surface area contributed by atoms with Crippen LogP contribution in [0.4, 0.5) is 0 Å². The first-order valence-electron chi connectivity index (χ1n) is 8.18. The number of hydrogen-bond acceptors (Lipinski definition) is 5. The monoisotopic (exact) mass is 390 g/mol. The number of hydrogen-bond donors (Lipinski definition) is 1. The molecular weight excluding hydrogens is 372 g/mol. The summed E-state index contributed by atoms with van der Waals surface area (Å²) in [4.78, 5) is 32.0. The average molecular weight is 391 g/mol. The minimum absolute atomic E-state index is 0. The van der Waals surface area contributed by atoms with Crippen molar-refractivity contribution in [3.05, 3.63) is 69.6 Å². The van der Waals surface area contributed by atoms with Gasteiger partial charge in [0.2, 0.25) is 0 Å². The molecule has 0 aliphatic carbocycles. The number of benzene rings is 1. The quantitative estimate of drug-likeness (QED) is 0.741. The van der Waals surface area contributed by atoms with Crippen LogP contribution in [0.15, 0.2) is 52.9 Å². The molecule has 0 spiro atoms. The number of nitrogens with zero attached hydrogens (tertiary/aromatic N) is 3. The summed E-state index contributed by atoms with van der Waals surface area (Å²) in [5.74, 6) is 0.109. The van der Waals surface area contributed by atoms with E-state index in [1.165, 1.54) is 27.5 Å². The van der Waals surface area contributed by atoms with Gasteiger partial charge in [-0.1, -0.05) is 30.3 Å². The molecule has 1 aromatic carbocycles. The maximum absolute atomic E-state index is 12.9. The lowest BCUT2D eigenvalue weighted by Gasteiger charge is -2.16. The Kier molecular flexibility index (Phi) is 5.41. The first kappa shape index (κ1) is 18.6. The van der Waals surface area contributed by atoms with Crippen LogP contribution in [0.1, 0.15) is 21.8 Å². The normalized spacial score (nSPS) is 19.5. The molecule has 0 saturated carbocycles. The molecule has 8 heteroatoms. The lowest BCUT2D eigenvalue weighted by atomic mass is 9.89. The molecule has 0 radical (unpaired) electrons. The third kappa shape index (κ3) is 3.13. The summed E-state index contributed by atoms with van der Waals surface area (Å²) in [5, 5.41) is 1.78. The van der Waals surface area contributed by atoms with Gasteiger partial charge in [0.25, 0.3) is 11.5 Å². The Morgan fingerprint density at radius 2 is 2.04 bits per heavy atom. The van der Waals surface area contributed by atoms with E-state index in [0.29, 0.717) is 24.6 Å². The number of halogens is 1. The molecule has 26 heavy (non-hydrogen) atoms. The van der Waals surface area contributed by atoms with Crippen molar-refractivity contribution in [2.45, 2.75) is 5.92 Å². The van der Waals surface area contributed by atoms with Crippen LogP contribution < -0.4 is 11.3 Å². The van der Waals surface area contributed by atoms with Crippen LogP contribution in [0.3, 0.4) is 0 Å². The number of carbonyl (C=O) groups is 1. The molecule has 0 bridgehead atoms. The van der Waals surface area contributed by atoms with Crippen LogP contribution in [-0.4, -0.2) is 39.8 Å². The molecule has 2 N–H and O–H groups in total. The Bertz CT molecular complexity index is 972. The zero-order valence-electron chi connectivity index (χ0n) is 13.9. The summed E-state index contributed by atoms with van der Waals surface area (Å²) >= 11 is 1.37. The van der Waals surface area contributed by atoms with E-state index >= 15 is 0 Å². The average Bonchev–Trinajstić information content (AvgIpc) is 3.29. The second-order valence-corrected chi connectivity index (χ2v) is 7.13. The largest absolute Gasteiger partial charge is 0.337 e. The van der Waals surface area contributed by atoms with Crippen LogP contribution >= 0.6 is 23.7 Å². The number of likely N-dealkylation sites (tertiary alicyclic amines) is 1. The van der Waals surface area contributed by atoms with E-state index in [9.17, 15) is 9.59 Å². The van der Waals surface area contributed by atoms with Crippen LogP contribution in [0.5, 0.6) is 0 Å². The molecule has 1 fully saturated rings. The Labute approximate surface area is 160 Å². The summed E-state index contributed by atoms with van der Waals surface area (Å²) in [7, 11) is 0. The number of amides is 1. The van der Waals surface area contributed by atoms with Gasteiger partial charge >= 0.3 is 0 Å². The van der Waals surface area contributed by atoms with Crippen LogP contribution in [0, 0.1) is 5.92 Å². The van der Waals surface area contributed by atoms with Crippen molar-refractivity contribution in [1.82, 2.24) is 14.3 Å². The Balaban J connectivity index is 0.00000196. The second-order valence-electron chi connectivity index (χ2n) is 6.26. The van der Waals surface area contributed by atoms with Crippen molar-refractivity contribution >= 4 is 34.6 Å². The van der Waals surface area contributed by atoms with Gasteiger partial charge in [0.15, 0.2) is 4.96 Å². The summed E-state index contributed by atoms with van der Waals surface area (Å²) < 4.78 is 1.42. The Morgan fingerprint density at radius 1 is 1.27 bits per heavy atom. The van der Waals surface area contributed by atoms with Gasteiger partial charge < -0.3 is 10.6 Å². The van der Waals surface area contributed by atoms with Crippen molar-refractivity contribution in [2.75, 3.05) is 19.6 Å². The summed E-state index contributed by atoms with van der Waals surface area (Å²) in [6.07, 6.45) is 3.04. The zero-order chi connectivity index (χ0) is 17.4. The fourth-order valence-electron chi connectivity index (χ4n) is 3.50. The molecule has 0 unspecified atom stereocenters. The smallest absolute Gasteiger partial charge is 0.271 e. The minimum Gasteiger partial charge on any atom is -0.337 e. The first-order valence-corrected chi connectivity index (χ1v) is 9.06. The van der Waals surface area contributed by atoms with Crippen LogP contribution in [0.25, 0.3) is 4.96 Å². The molecule has 1 saturated heterocycles. The van der Waals surface area contributed by atoms with Crippen molar-refractivity contribution in [1.29, 1.82) is 0 Å². The van der Waals surface area contributed by atoms with Gasteiger partial charge in [-0.3, -0.25) is 14.0 Å². The Morgan fingerprint density at radius 3 is 2.77 bits per heavy atom. The number of nitrogens with two attached hydrogens (primary N) is 1. The zero-order valence-corrected chi connectivity index (χ0v) is 15.6. The molecule has 1 aliphatic heterocycles. The van der Waals surface area contributed by atoms with Gasteiger partial charge in [0, 0.05) is 36.8 Å². The van der Waals surface area contributed by atoms with E-state index in [1.807, 2.05) is 18.2 Å². The number of fused-ring (bicyclic) bond motifs is 1. The molecule has 136 valence electrons. The van der Waals surface area contributed by atoms with E-state index in [4.69, 9.17) is 5.73 Å². The third-order valence-electron chi connectivity index (χ3n) is 4.83. The SMILES string of the molecule is Cl.NC[C@@H]1CN(C(=O)c2cnc3sccn3c2=O)C[C@H]1c1ccccc1. The number of rotatable bonds is 3. The highest BCUT2D eigenvalue weighted by Gasteiger charge is 2.36. The van der Waals surface area contributed by atoms with Crippen molar-refractivity contribution in [2.24, 2.45) is 11.7 Å². The highest BCUT2D eigenvalue weighted by atomic mass is 35.5. The second kappa shape index (κ2) is 7.57. The maximum Gasteiger partial charge on any atom is 0.271 e. The van der Waals surface area contributed by atoms with E-state index in [2.05, 4.69) is 17.1 Å². The molecular formula is C18H19ClN4O2S. The molecule has 1 amide bonds. The van der Waals surface area contributed by atoms with E-state index in [-0.39, 0.29) is 41.3 Å². The van der Waals surface area contributed by atoms with E-state index in [0.717, 1.165) is 0 Å². The number of carbonyl (C=O) groups excluding carboxylic acids is 1. The highest BCUT2D eigenvalue weighted by molar-refractivity contribution is 7.15. The fraction of sp³-hybridized carbons (Fsp3) is 0.278. The fourth-order valence-corrected chi connectivity index (χ4v) is 4.17. The topological polar surface area (TPSA) is 80.7 Å². The standard InChI is InChI=1S/C18H18N4O2S.ClH/c19-8-13-10-21(11-15(13)12-4-2-1-3-5-12)16(23)14-9-20-18-22(17(14)24)6-7-25-18;/h1-7,9,13,15H,8,10-11,19H2;1H/t13-,15+;/m1./s1. The third-order valence-corrected chi connectivity index (χ3v) is 5.60. The van der Waals surface area contributed by atoms with Crippen LogP contribution in [0.2, 0.25) is 0 Å². The summed E-state index contributed by atoms with van der Waals surface area (Å²) in [6.45, 7) is 1.63. The molecule has 6 nitrogen and oxygen atoms in total. The molecule has 3 heterocycles. The predicted octanol–water partition coefficient (Wildman–Crippen LogP) is 1.99. The first-order chi connectivity index (χ1) is 12.2. The summed E-state index contributed by atoms with van der Waals surface area (Å²) in [5.41, 5.74) is 6.91. The van der Waals surface area contributed by atoms with Gasteiger partial charge in [-0.15, -0.1) is 23.7 Å². The van der Waals surface area contributed by atoms with Crippen molar-refractivity contribution in [3.63, 3.8) is 0 Å². The van der Waals surface area contributed by atoms with Gasteiger partial charge in [-0.25, -0.2) is 4.98 Å². The van der Waals surface area contributed by atoms with Gasteiger partial charge in [-0.2, -0.15) is 0 Å². The van der Waals surface area contributed by atoms with E-state index < -0.39 is 0 Å². The molecule has 2 atom stereocenters. The maximum atomic E-state index is 12.9. The predicted molar refractivity (Wildman–Crippen MR) is 104 cm³/mol. The highest BCUT2D eigenvalue weighted by Crippen LogP contribution is 2.32. The number of aromatic nitrogens is 2. The van der Waals surface area contributed by atoms with Gasteiger partial charge in [-0.05, 0) is 18.0 Å². The Hall–Kier alpha value is -2.22. The minimum atomic E-state index is -0.316. The summed E-state index contributed by atoms with van der Waals surface area (Å²) in [6, 6.07) is 10.1. The van der Waals surface area contributed by atoms with E-state index in [1.54, 1.807) is 16.5 Å². The van der Waals surface area contributed by atoms with Gasteiger partial charge in [0.05, 0.1) is 0 Å². The molecule has 1 aliphatic rings. The molecule has 2 aromatic heterocycles. The molecule has 4 rings (SSSR count). The van der Waals surface area contributed by atoms with Crippen molar-refractivity contribution < 1.29 is 4.79 Å². The molecule has 3 aromatic rings. The number of thiazole rings is 1.